The predicted octanol–water partition coefficient (Wildman–Crippen LogP) is 4.01. The summed E-state index contributed by atoms with van der Waals surface area (Å²) in [5, 5.41) is 10.2. The van der Waals surface area contributed by atoms with E-state index in [9.17, 15) is 9.90 Å². The van der Waals surface area contributed by atoms with Gasteiger partial charge in [-0.1, -0.05) is 34.3 Å². The van der Waals surface area contributed by atoms with Crippen molar-refractivity contribution in [3.8, 4) is 5.75 Å². The van der Waals surface area contributed by atoms with E-state index in [0.29, 0.717) is 11.3 Å². The van der Waals surface area contributed by atoms with Crippen LogP contribution in [-0.2, 0) is 0 Å². The molecule has 0 aliphatic heterocycles. The molecule has 1 N–H and O–H groups in total. The largest absolute Gasteiger partial charge is 0.507 e. The molecule has 0 bridgehead atoms. The number of ketones is 1. The number of allylic oxidation sites excluding steroid dienone is 1. The van der Waals surface area contributed by atoms with Gasteiger partial charge < -0.3 is 5.11 Å². The number of phenols is 1. The van der Waals surface area contributed by atoms with Gasteiger partial charge in [-0.25, -0.2) is 0 Å². The van der Waals surface area contributed by atoms with Gasteiger partial charge in [0.05, 0.1) is 0 Å². The van der Waals surface area contributed by atoms with E-state index < -0.39 is 0 Å². The van der Waals surface area contributed by atoms with E-state index >= 15 is 0 Å². The van der Waals surface area contributed by atoms with Gasteiger partial charge in [0.25, 0.3) is 0 Å². The first-order valence-electron chi connectivity index (χ1n) is 5.92. The fourth-order valence-corrected chi connectivity index (χ4v) is 1.82. The number of carbonyl (C=O) groups excluding carboxylic acids is 1. The lowest BCUT2D eigenvalue weighted by Gasteiger charge is -2.16. The van der Waals surface area contributed by atoms with Crippen molar-refractivity contribution in [2.24, 2.45) is 0 Å². The van der Waals surface area contributed by atoms with E-state index in [2.05, 4.69) is 6.58 Å². The summed E-state index contributed by atoms with van der Waals surface area (Å²) in [6, 6.07) is 3.52. The normalized spacial score (nSPS) is 10.9. The fraction of sp³-hybridized carbons (Fsp3) is 0.400. The van der Waals surface area contributed by atoms with Crippen LogP contribution < -0.4 is 0 Å². The lowest BCUT2D eigenvalue weighted by Crippen LogP contribution is -2.02. The topological polar surface area (TPSA) is 37.3 Å². The molecule has 0 radical (unpaired) electrons. The molecule has 0 heterocycles. The van der Waals surface area contributed by atoms with Crippen molar-refractivity contribution in [2.75, 3.05) is 0 Å². The SMILES string of the molecule is C=CC(=O)c1cc(C(C)C)c(O)c(C(C)C)c1. The second-order valence-corrected chi connectivity index (χ2v) is 4.88. The number of benzene rings is 1. The average molecular weight is 232 g/mol. The summed E-state index contributed by atoms with van der Waals surface area (Å²) < 4.78 is 0. The number of carbonyl (C=O) groups is 1. The van der Waals surface area contributed by atoms with Gasteiger partial charge in [0.15, 0.2) is 5.78 Å². The van der Waals surface area contributed by atoms with Crippen molar-refractivity contribution in [1.82, 2.24) is 0 Å². The standard InChI is InChI=1S/C15H20O2/c1-6-14(16)11-7-12(9(2)3)15(17)13(8-11)10(4)5/h6-10,17H,1H2,2-5H3. The highest BCUT2D eigenvalue weighted by molar-refractivity contribution is 6.04. The second-order valence-electron chi connectivity index (χ2n) is 4.88. The number of aromatic hydroxyl groups is 1. The second kappa shape index (κ2) is 5.17. The lowest BCUT2D eigenvalue weighted by molar-refractivity contribution is 0.104. The molecule has 1 aromatic rings. The fourth-order valence-electron chi connectivity index (χ4n) is 1.82. The summed E-state index contributed by atoms with van der Waals surface area (Å²) in [6.45, 7) is 11.5. The Labute approximate surface area is 103 Å². The quantitative estimate of drug-likeness (QED) is 0.629. The van der Waals surface area contributed by atoms with Crippen LogP contribution in [0.25, 0.3) is 0 Å². The first-order chi connectivity index (χ1) is 7.88. The van der Waals surface area contributed by atoms with E-state index in [1.54, 1.807) is 12.1 Å². The summed E-state index contributed by atoms with van der Waals surface area (Å²) in [4.78, 5) is 11.7. The van der Waals surface area contributed by atoms with Gasteiger partial charge in [-0.15, -0.1) is 0 Å². The van der Waals surface area contributed by atoms with Gasteiger partial charge in [-0.2, -0.15) is 0 Å². The zero-order valence-electron chi connectivity index (χ0n) is 10.9. The Bertz CT molecular complexity index is 413. The van der Waals surface area contributed by atoms with E-state index in [0.717, 1.165) is 11.1 Å². The lowest BCUT2D eigenvalue weighted by atomic mass is 9.90. The van der Waals surface area contributed by atoms with E-state index in [1.165, 1.54) is 6.08 Å². The monoisotopic (exact) mass is 232 g/mol. The smallest absolute Gasteiger partial charge is 0.185 e. The summed E-state index contributed by atoms with van der Waals surface area (Å²) in [7, 11) is 0. The highest BCUT2D eigenvalue weighted by Crippen LogP contribution is 2.34. The third kappa shape index (κ3) is 2.76. The molecule has 0 aromatic heterocycles. The Morgan fingerprint density at radius 3 is 1.88 bits per heavy atom. The molecule has 0 spiro atoms. The Morgan fingerprint density at radius 1 is 1.18 bits per heavy atom. The number of hydrogen-bond acceptors (Lipinski definition) is 2. The molecule has 0 saturated carbocycles. The molecule has 2 heteroatoms. The molecule has 0 atom stereocenters. The van der Waals surface area contributed by atoms with Gasteiger partial charge in [0.1, 0.15) is 5.75 Å². The maximum absolute atomic E-state index is 11.7. The van der Waals surface area contributed by atoms with E-state index in [4.69, 9.17) is 0 Å². The molecule has 1 rings (SSSR count). The minimum Gasteiger partial charge on any atom is -0.507 e. The first kappa shape index (κ1) is 13.5. The zero-order valence-corrected chi connectivity index (χ0v) is 10.9. The van der Waals surface area contributed by atoms with E-state index in [-0.39, 0.29) is 17.6 Å². The molecule has 1 aromatic carbocycles. The minimum absolute atomic E-state index is 0.103. The van der Waals surface area contributed by atoms with Crippen LogP contribution in [0.5, 0.6) is 5.75 Å². The van der Waals surface area contributed by atoms with Crippen LogP contribution in [0.4, 0.5) is 0 Å². The van der Waals surface area contributed by atoms with Gasteiger partial charge in [0.2, 0.25) is 0 Å². The van der Waals surface area contributed by atoms with Crippen LogP contribution in [0, 0.1) is 0 Å². The molecule has 0 aliphatic rings. The Balaban J connectivity index is 3.47. The third-order valence-electron chi connectivity index (χ3n) is 2.88. The summed E-state index contributed by atoms with van der Waals surface area (Å²) >= 11 is 0. The molecular formula is C15H20O2. The molecule has 0 unspecified atom stereocenters. The van der Waals surface area contributed by atoms with Crippen LogP contribution in [0.3, 0.4) is 0 Å². The zero-order chi connectivity index (χ0) is 13.2. The average Bonchev–Trinajstić information content (AvgIpc) is 2.27. The van der Waals surface area contributed by atoms with Gasteiger partial charge >= 0.3 is 0 Å². The van der Waals surface area contributed by atoms with E-state index in [1.807, 2.05) is 27.7 Å². The van der Waals surface area contributed by atoms with Crippen molar-refractivity contribution in [2.45, 2.75) is 39.5 Å². The van der Waals surface area contributed by atoms with Crippen molar-refractivity contribution in [1.29, 1.82) is 0 Å². The molecule has 0 saturated heterocycles. The first-order valence-corrected chi connectivity index (χ1v) is 5.92. The maximum atomic E-state index is 11.7. The van der Waals surface area contributed by atoms with Gasteiger partial charge in [-0.05, 0) is 41.2 Å². The predicted molar refractivity (Wildman–Crippen MR) is 70.8 cm³/mol. The van der Waals surface area contributed by atoms with Crippen LogP contribution in [-0.4, -0.2) is 10.9 Å². The highest BCUT2D eigenvalue weighted by Gasteiger charge is 2.16. The third-order valence-corrected chi connectivity index (χ3v) is 2.88. The molecular weight excluding hydrogens is 212 g/mol. The summed E-state index contributed by atoms with van der Waals surface area (Å²) in [5.41, 5.74) is 2.24. The Kier molecular flexibility index (Phi) is 4.11. The van der Waals surface area contributed by atoms with Crippen molar-refractivity contribution in [3.05, 3.63) is 41.5 Å². The Hall–Kier alpha value is -1.57. The number of hydrogen-bond donors (Lipinski definition) is 1. The summed E-state index contributed by atoms with van der Waals surface area (Å²) in [5.74, 6) is 0.583. The molecule has 2 nitrogen and oxygen atoms in total. The van der Waals surface area contributed by atoms with Crippen molar-refractivity contribution < 1.29 is 9.90 Å². The molecule has 0 aliphatic carbocycles. The number of rotatable bonds is 4. The summed E-state index contributed by atoms with van der Waals surface area (Å²) in [6.07, 6.45) is 1.31. The molecule has 0 amide bonds. The molecule has 0 fully saturated rings. The van der Waals surface area contributed by atoms with Gasteiger partial charge in [-0.3, -0.25) is 4.79 Å². The highest BCUT2D eigenvalue weighted by atomic mass is 16.3. The van der Waals surface area contributed by atoms with Crippen molar-refractivity contribution >= 4 is 5.78 Å². The molecule has 92 valence electrons. The number of phenolic OH excluding ortho intramolecular Hbond substituents is 1. The van der Waals surface area contributed by atoms with Crippen molar-refractivity contribution in [3.63, 3.8) is 0 Å². The van der Waals surface area contributed by atoms with Crippen LogP contribution in [0.15, 0.2) is 24.8 Å². The van der Waals surface area contributed by atoms with Crippen LogP contribution >= 0.6 is 0 Å². The van der Waals surface area contributed by atoms with Crippen LogP contribution in [0.1, 0.15) is 61.0 Å². The van der Waals surface area contributed by atoms with Gasteiger partial charge in [0, 0.05) is 5.56 Å². The Morgan fingerprint density at radius 2 is 1.59 bits per heavy atom. The maximum Gasteiger partial charge on any atom is 0.185 e. The molecule has 17 heavy (non-hydrogen) atoms. The minimum atomic E-state index is -0.103. The van der Waals surface area contributed by atoms with Crippen LogP contribution in [0.2, 0.25) is 0 Å².